The largest absolute Gasteiger partial charge is 0.252 e. The minimum absolute atomic E-state index is 0.329. The number of rotatable bonds is 2. The number of nitrogens with zero attached hydrogens (tertiary/aromatic N) is 4. The van der Waals surface area contributed by atoms with E-state index in [0.29, 0.717) is 5.37 Å². The number of fused-ring (bicyclic) bond motifs is 3. The van der Waals surface area contributed by atoms with Crippen LogP contribution in [-0.2, 0) is 6.42 Å². The summed E-state index contributed by atoms with van der Waals surface area (Å²) in [6.07, 6.45) is 0.902. The summed E-state index contributed by atoms with van der Waals surface area (Å²) < 4.78 is 2.17. The predicted octanol–water partition coefficient (Wildman–Crippen LogP) is 3.19. The molecule has 0 radical (unpaired) electrons. The first-order chi connectivity index (χ1) is 8.88. The van der Waals surface area contributed by atoms with Gasteiger partial charge >= 0.3 is 0 Å². The number of hydrogen-bond donors (Lipinski definition) is 0. The Balaban J connectivity index is 1.81. The van der Waals surface area contributed by atoms with E-state index in [-0.39, 0.29) is 0 Å². The third-order valence-electron chi connectivity index (χ3n) is 2.94. The van der Waals surface area contributed by atoms with Crippen molar-refractivity contribution in [2.24, 2.45) is 0 Å². The van der Waals surface area contributed by atoms with Crippen molar-refractivity contribution >= 4 is 34.9 Å². The van der Waals surface area contributed by atoms with Gasteiger partial charge in [-0.1, -0.05) is 24.8 Å². The maximum absolute atomic E-state index is 4.25. The zero-order valence-corrected chi connectivity index (χ0v) is 12.1. The molecule has 0 amide bonds. The summed E-state index contributed by atoms with van der Waals surface area (Å²) in [5, 5.41) is 17.8. The Kier molecular flexibility index (Phi) is 2.46. The molecule has 0 saturated heterocycles. The highest BCUT2D eigenvalue weighted by atomic mass is 32.2. The molecule has 0 aliphatic carbocycles. The number of thioether (sulfide) groups is 2. The fourth-order valence-corrected chi connectivity index (χ4v) is 5.30. The Morgan fingerprint density at radius 3 is 3.11 bits per heavy atom. The van der Waals surface area contributed by atoms with Gasteiger partial charge in [-0.25, -0.2) is 4.68 Å². The topological polar surface area (TPSA) is 34.0 Å². The molecule has 0 fully saturated rings. The highest BCUT2D eigenvalue weighted by molar-refractivity contribution is 8.07. The second-order valence-electron chi connectivity index (χ2n) is 3.97. The molecule has 2 aliphatic rings. The second kappa shape index (κ2) is 4.04. The third-order valence-corrected chi connectivity index (χ3v) is 6.18. The van der Waals surface area contributed by atoms with E-state index in [0.717, 1.165) is 17.4 Å². The van der Waals surface area contributed by atoms with Gasteiger partial charge in [0.25, 0.3) is 0 Å². The lowest BCUT2D eigenvalue weighted by atomic mass is 10.4. The lowest BCUT2D eigenvalue weighted by Crippen LogP contribution is -2.30. The molecule has 0 bridgehead atoms. The van der Waals surface area contributed by atoms with Gasteiger partial charge in [0.15, 0.2) is 5.82 Å². The van der Waals surface area contributed by atoms with Crippen LogP contribution in [0.5, 0.6) is 0 Å². The van der Waals surface area contributed by atoms with Crippen LogP contribution < -0.4 is 5.01 Å². The van der Waals surface area contributed by atoms with E-state index >= 15 is 0 Å². The zero-order valence-electron chi connectivity index (χ0n) is 9.61. The van der Waals surface area contributed by atoms with Crippen LogP contribution in [0.4, 0.5) is 0 Å². The molecule has 2 aromatic rings. The predicted molar refractivity (Wildman–Crippen MR) is 76.2 cm³/mol. The lowest BCUT2D eigenvalue weighted by Gasteiger charge is -2.24. The van der Waals surface area contributed by atoms with Gasteiger partial charge in [-0.2, -0.15) is 0 Å². The summed E-state index contributed by atoms with van der Waals surface area (Å²) in [5.74, 6) is 1.03. The number of hydrogen-bond acceptors (Lipinski definition) is 6. The molecule has 4 nitrogen and oxygen atoms in total. The molecule has 92 valence electrons. The maximum atomic E-state index is 4.25. The van der Waals surface area contributed by atoms with E-state index in [1.54, 1.807) is 23.1 Å². The molecule has 2 aromatic heterocycles. The van der Waals surface area contributed by atoms with E-state index in [1.807, 2.05) is 11.8 Å². The van der Waals surface area contributed by atoms with Gasteiger partial charge in [0, 0.05) is 16.7 Å². The van der Waals surface area contributed by atoms with Crippen LogP contribution in [0.3, 0.4) is 0 Å². The van der Waals surface area contributed by atoms with E-state index in [1.165, 1.54) is 9.91 Å². The fraction of sp³-hybridized carbons (Fsp3) is 0.273. The standard InChI is InChI=1S/C11H10N4S3/c1-2-8-12-13-11-14(8)15-9(18-11)6-17-10(15)7-4-3-5-16-7/h3-6,10H,2H2,1H3. The molecule has 18 heavy (non-hydrogen) atoms. The molecule has 1 unspecified atom stereocenters. The minimum atomic E-state index is 0.329. The van der Waals surface area contributed by atoms with Crippen molar-refractivity contribution in [3.63, 3.8) is 0 Å². The quantitative estimate of drug-likeness (QED) is 0.849. The van der Waals surface area contributed by atoms with Crippen LogP contribution in [0, 0.1) is 0 Å². The maximum Gasteiger partial charge on any atom is 0.216 e. The van der Waals surface area contributed by atoms with E-state index < -0.39 is 0 Å². The average molecular weight is 294 g/mol. The molecule has 0 aromatic carbocycles. The summed E-state index contributed by atoms with van der Waals surface area (Å²) in [4.78, 5) is 1.37. The summed E-state index contributed by atoms with van der Waals surface area (Å²) in [6, 6.07) is 4.30. The van der Waals surface area contributed by atoms with Crippen molar-refractivity contribution in [1.29, 1.82) is 0 Å². The second-order valence-corrected chi connectivity index (χ2v) is 6.89. The average Bonchev–Trinajstić information content (AvgIpc) is 3.09. The zero-order chi connectivity index (χ0) is 12.1. The fourth-order valence-electron chi connectivity index (χ4n) is 2.13. The van der Waals surface area contributed by atoms with Crippen LogP contribution in [0.1, 0.15) is 23.0 Å². The minimum Gasteiger partial charge on any atom is -0.252 e. The summed E-state index contributed by atoms with van der Waals surface area (Å²) in [7, 11) is 0. The molecule has 7 heteroatoms. The van der Waals surface area contributed by atoms with Gasteiger partial charge in [0.1, 0.15) is 10.4 Å². The lowest BCUT2D eigenvalue weighted by molar-refractivity contribution is 0.610. The Morgan fingerprint density at radius 1 is 1.39 bits per heavy atom. The number of thiophene rings is 1. The van der Waals surface area contributed by atoms with Crippen molar-refractivity contribution < 1.29 is 0 Å². The first kappa shape index (κ1) is 11.0. The highest BCUT2D eigenvalue weighted by Crippen LogP contribution is 2.51. The first-order valence-corrected chi connectivity index (χ1v) is 8.33. The van der Waals surface area contributed by atoms with Gasteiger partial charge < -0.3 is 0 Å². The molecule has 2 aliphatic heterocycles. The first-order valence-electron chi connectivity index (χ1n) is 5.69. The van der Waals surface area contributed by atoms with Crippen molar-refractivity contribution in [3.05, 3.63) is 38.7 Å². The molecular formula is C11H10N4S3. The molecule has 4 rings (SSSR count). The molecule has 4 heterocycles. The van der Waals surface area contributed by atoms with Gasteiger partial charge in [0.05, 0.1) is 0 Å². The van der Waals surface area contributed by atoms with Crippen molar-refractivity contribution in [2.75, 3.05) is 5.01 Å². The van der Waals surface area contributed by atoms with Crippen molar-refractivity contribution in [2.45, 2.75) is 23.9 Å². The Bertz CT molecular complexity index is 616. The summed E-state index contributed by atoms with van der Waals surface area (Å²) in [5.41, 5.74) is 0. The summed E-state index contributed by atoms with van der Waals surface area (Å²) in [6.45, 7) is 2.12. The smallest absolute Gasteiger partial charge is 0.216 e. The van der Waals surface area contributed by atoms with Crippen LogP contribution in [0.25, 0.3) is 0 Å². The van der Waals surface area contributed by atoms with Crippen molar-refractivity contribution in [3.8, 4) is 0 Å². The Hall–Kier alpha value is -0.920. The number of aromatic nitrogens is 3. The van der Waals surface area contributed by atoms with Crippen LogP contribution >= 0.6 is 34.9 Å². The Labute approximate surface area is 117 Å². The highest BCUT2D eigenvalue weighted by Gasteiger charge is 2.39. The molecule has 1 atom stereocenters. The van der Waals surface area contributed by atoms with Gasteiger partial charge in [0.2, 0.25) is 5.16 Å². The summed E-state index contributed by atoms with van der Waals surface area (Å²) >= 11 is 5.36. The van der Waals surface area contributed by atoms with E-state index in [2.05, 4.69) is 49.7 Å². The van der Waals surface area contributed by atoms with Crippen molar-refractivity contribution in [1.82, 2.24) is 14.9 Å². The monoisotopic (exact) mass is 294 g/mol. The van der Waals surface area contributed by atoms with Gasteiger partial charge in [-0.3, -0.25) is 5.01 Å². The SMILES string of the molecule is CCc1nnc2n1N1C(=CSC1c1cccs1)S2. The normalized spacial score (nSPS) is 21.1. The number of aryl methyl sites for hydroxylation is 1. The Morgan fingerprint density at radius 2 is 2.33 bits per heavy atom. The van der Waals surface area contributed by atoms with Crippen LogP contribution in [0.15, 0.2) is 33.1 Å². The van der Waals surface area contributed by atoms with Crippen LogP contribution in [-0.4, -0.2) is 14.9 Å². The van der Waals surface area contributed by atoms with Gasteiger partial charge in [-0.15, -0.1) is 21.5 Å². The molecular weight excluding hydrogens is 284 g/mol. The van der Waals surface area contributed by atoms with Gasteiger partial charge in [-0.05, 0) is 23.2 Å². The van der Waals surface area contributed by atoms with E-state index in [9.17, 15) is 0 Å². The molecule has 0 saturated carbocycles. The van der Waals surface area contributed by atoms with Crippen LogP contribution in [0.2, 0.25) is 0 Å². The molecule has 0 spiro atoms. The third kappa shape index (κ3) is 1.41. The molecule has 0 N–H and O–H groups in total. The van der Waals surface area contributed by atoms with E-state index in [4.69, 9.17) is 0 Å².